The minimum absolute atomic E-state index is 0.00655. The summed E-state index contributed by atoms with van der Waals surface area (Å²) in [7, 11) is 1.61. The predicted molar refractivity (Wildman–Crippen MR) is 110 cm³/mol. The van der Waals surface area contributed by atoms with E-state index in [0.29, 0.717) is 26.2 Å². The van der Waals surface area contributed by atoms with Crippen molar-refractivity contribution in [2.45, 2.75) is 20.1 Å². The lowest BCUT2D eigenvalue weighted by atomic mass is 10.1. The summed E-state index contributed by atoms with van der Waals surface area (Å²) in [6.07, 6.45) is 0. The van der Waals surface area contributed by atoms with Crippen molar-refractivity contribution in [2.24, 2.45) is 4.99 Å². The molecule has 1 fully saturated rings. The van der Waals surface area contributed by atoms with Gasteiger partial charge in [-0.3, -0.25) is 9.69 Å². The van der Waals surface area contributed by atoms with E-state index in [0.717, 1.165) is 44.2 Å². The number of carbonyl (C=O) groups excluding carboxylic acids is 1. The van der Waals surface area contributed by atoms with Gasteiger partial charge in [0.15, 0.2) is 5.96 Å². The molecular weight excluding hydrogens is 377 g/mol. The van der Waals surface area contributed by atoms with Crippen LogP contribution in [-0.4, -0.2) is 86.3 Å². The van der Waals surface area contributed by atoms with E-state index in [1.807, 2.05) is 6.92 Å². The summed E-state index contributed by atoms with van der Waals surface area (Å²) in [6.45, 7) is 7.31. The number of guanidine groups is 1. The molecule has 0 aliphatic carbocycles. The van der Waals surface area contributed by atoms with Crippen molar-refractivity contribution < 1.29 is 19.0 Å². The Hall–Kier alpha value is -2.23. The highest BCUT2D eigenvalue weighted by molar-refractivity contribution is 5.80. The van der Waals surface area contributed by atoms with E-state index in [-0.39, 0.29) is 18.1 Å². The van der Waals surface area contributed by atoms with Gasteiger partial charge in [0, 0.05) is 51.9 Å². The van der Waals surface area contributed by atoms with E-state index in [9.17, 15) is 14.3 Å². The molecule has 1 saturated heterocycles. The number of hydrogen-bond donors (Lipinski definition) is 3. The van der Waals surface area contributed by atoms with Crippen LogP contribution in [0.2, 0.25) is 0 Å². The fourth-order valence-electron chi connectivity index (χ4n) is 3.11. The van der Waals surface area contributed by atoms with E-state index < -0.39 is 5.82 Å². The van der Waals surface area contributed by atoms with Crippen LogP contribution in [0.5, 0.6) is 0 Å². The summed E-state index contributed by atoms with van der Waals surface area (Å²) in [5.74, 6) is 0.396. The van der Waals surface area contributed by atoms with Crippen molar-refractivity contribution >= 4 is 11.9 Å². The number of methoxy groups -OCH3 is 1. The molecule has 29 heavy (non-hydrogen) atoms. The first kappa shape index (κ1) is 23.1. The third kappa shape index (κ3) is 7.60. The second-order valence-electron chi connectivity index (χ2n) is 6.86. The summed E-state index contributed by atoms with van der Waals surface area (Å²) >= 11 is 0. The summed E-state index contributed by atoms with van der Waals surface area (Å²) in [5, 5.41) is 15.4. The molecule has 162 valence electrons. The van der Waals surface area contributed by atoms with Gasteiger partial charge in [0.1, 0.15) is 5.82 Å². The minimum atomic E-state index is -0.408. The second kappa shape index (κ2) is 12.4. The lowest BCUT2D eigenvalue weighted by Gasteiger charge is -2.36. The number of halogens is 1. The average Bonchev–Trinajstić information content (AvgIpc) is 2.73. The SMILES string of the molecule is CCNC(=NCc1ccc(F)c(CO)c1)N1CCN(CC(=O)NCCOC)CC1. The Labute approximate surface area is 171 Å². The first-order chi connectivity index (χ1) is 14.1. The number of amides is 1. The number of nitrogens with zero attached hydrogens (tertiary/aromatic N) is 3. The molecule has 8 nitrogen and oxygen atoms in total. The Morgan fingerprint density at radius 2 is 2.03 bits per heavy atom. The zero-order valence-corrected chi connectivity index (χ0v) is 17.3. The lowest BCUT2D eigenvalue weighted by Crippen LogP contribution is -2.54. The third-order valence-corrected chi connectivity index (χ3v) is 4.69. The van der Waals surface area contributed by atoms with Gasteiger partial charge in [0.2, 0.25) is 5.91 Å². The van der Waals surface area contributed by atoms with Crippen LogP contribution >= 0.6 is 0 Å². The van der Waals surface area contributed by atoms with Gasteiger partial charge in [-0.25, -0.2) is 9.38 Å². The van der Waals surface area contributed by atoms with Gasteiger partial charge in [0.25, 0.3) is 0 Å². The number of aliphatic hydroxyl groups is 1. The number of ether oxygens (including phenoxy) is 1. The molecule has 0 bridgehead atoms. The quantitative estimate of drug-likeness (QED) is 0.306. The monoisotopic (exact) mass is 409 g/mol. The fraction of sp³-hybridized carbons (Fsp3) is 0.600. The number of carbonyl (C=O) groups is 1. The van der Waals surface area contributed by atoms with Gasteiger partial charge in [0.05, 0.1) is 26.3 Å². The van der Waals surface area contributed by atoms with Gasteiger partial charge in [-0.05, 0) is 24.6 Å². The summed E-state index contributed by atoms with van der Waals surface area (Å²) in [5.41, 5.74) is 1.12. The van der Waals surface area contributed by atoms with Crippen LogP contribution < -0.4 is 10.6 Å². The van der Waals surface area contributed by atoms with Crippen LogP contribution in [-0.2, 0) is 22.7 Å². The van der Waals surface area contributed by atoms with Crippen LogP contribution in [0.3, 0.4) is 0 Å². The van der Waals surface area contributed by atoms with Crippen molar-refractivity contribution in [2.75, 3.05) is 59.5 Å². The van der Waals surface area contributed by atoms with E-state index in [4.69, 9.17) is 4.74 Å². The normalized spacial score (nSPS) is 15.4. The Kier molecular flexibility index (Phi) is 9.82. The molecule has 9 heteroatoms. The van der Waals surface area contributed by atoms with Crippen LogP contribution in [0, 0.1) is 5.82 Å². The molecule has 1 amide bonds. The van der Waals surface area contributed by atoms with E-state index in [2.05, 4.69) is 25.4 Å². The molecule has 0 saturated carbocycles. The maximum Gasteiger partial charge on any atom is 0.234 e. The number of aliphatic hydroxyl groups excluding tert-OH is 1. The number of aliphatic imine (C=N–C) groups is 1. The molecule has 0 aromatic heterocycles. The highest BCUT2D eigenvalue weighted by Gasteiger charge is 2.21. The van der Waals surface area contributed by atoms with Gasteiger partial charge in [-0.2, -0.15) is 0 Å². The number of hydrogen-bond acceptors (Lipinski definition) is 5. The van der Waals surface area contributed by atoms with E-state index in [1.54, 1.807) is 19.2 Å². The molecule has 1 aliphatic rings. The van der Waals surface area contributed by atoms with Crippen LogP contribution in [0.25, 0.3) is 0 Å². The molecule has 3 N–H and O–H groups in total. The van der Waals surface area contributed by atoms with E-state index in [1.165, 1.54) is 6.07 Å². The molecule has 1 aromatic rings. The van der Waals surface area contributed by atoms with Crippen molar-refractivity contribution in [1.82, 2.24) is 20.4 Å². The van der Waals surface area contributed by atoms with Gasteiger partial charge in [-0.1, -0.05) is 6.07 Å². The molecule has 1 aromatic carbocycles. The van der Waals surface area contributed by atoms with Crippen LogP contribution in [0.15, 0.2) is 23.2 Å². The first-order valence-electron chi connectivity index (χ1n) is 9.96. The molecule has 0 spiro atoms. The smallest absolute Gasteiger partial charge is 0.234 e. The Morgan fingerprint density at radius 1 is 1.28 bits per heavy atom. The highest BCUT2D eigenvalue weighted by atomic mass is 19.1. The summed E-state index contributed by atoms with van der Waals surface area (Å²) in [4.78, 5) is 20.9. The minimum Gasteiger partial charge on any atom is -0.392 e. The average molecular weight is 410 g/mol. The molecule has 0 radical (unpaired) electrons. The molecule has 1 heterocycles. The van der Waals surface area contributed by atoms with Crippen molar-refractivity contribution in [3.63, 3.8) is 0 Å². The fourth-order valence-corrected chi connectivity index (χ4v) is 3.11. The lowest BCUT2D eigenvalue weighted by molar-refractivity contribution is -0.122. The number of rotatable bonds is 9. The molecule has 0 atom stereocenters. The highest BCUT2D eigenvalue weighted by Crippen LogP contribution is 2.12. The zero-order valence-electron chi connectivity index (χ0n) is 17.3. The number of nitrogens with one attached hydrogen (secondary N) is 2. The van der Waals surface area contributed by atoms with Crippen molar-refractivity contribution in [3.05, 3.63) is 35.1 Å². The standard InChI is InChI=1S/C20H32FN5O3/c1-3-22-20(24-13-16-4-5-18(21)17(12-16)15-27)26-9-7-25(8-10-26)14-19(28)23-6-11-29-2/h4-5,12,27H,3,6-11,13-15H2,1-2H3,(H,22,24)(H,23,28). The van der Waals surface area contributed by atoms with Crippen molar-refractivity contribution in [3.8, 4) is 0 Å². The Bertz CT molecular complexity index is 678. The topological polar surface area (TPSA) is 89.4 Å². The van der Waals surface area contributed by atoms with Crippen molar-refractivity contribution in [1.29, 1.82) is 0 Å². The predicted octanol–water partition coefficient (Wildman–Crippen LogP) is 0.164. The summed E-state index contributed by atoms with van der Waals surface area (Å²) in [6, 6.07) is 4.68. The van der Waals surface area contributed by atoms with Gasteiger partial charge >= 0.3 is 0 Å². The maximum atomic E-state index is 13.5. The maximum absolute atomic E-state index is 13.5. The molecule has 2 rings (SSSR count). The first-order valence-corrected chi connectivity index (χ1v) is 9.96. The molecular formula is C20H32FN5O3. The van der Waals surface area contributed by atoms with Gasteiger partial charge in [-0.15, -0.1) is 0 Å². The second-order valence-corrected chi connectivity index (χ2v) is 6.86. The van der Waals surface area contributed by atoms with Crippen LogP contribution in [0.1, 0.15) is 18.1 Å². The van der Waals surface area contributed by atoms with Gasteiger partial charge < -0.3 is 25.4 Å². The Morgan fingerprint density at radius 3 is 2.69 bits per heavy atom. The Balaban J connectivity index is 1.88. The largest absolute Gasteiger partial charge is 0.392 e. The number of benzene rings is 1. The van der Waals surface area contributed by atoms with Crippen LogP contribution in [0.4, 0.5) is 4.39 Å². The van der Waals surface area contributed by atoms with E-state index >= 15 is 0 Å². The third-order valence-electron chi connectivity index (χ3n) is 4.69. The zero-order chi connectivity index (χ0) is 21.1. The summed E-state index contributed by atoms with van der Waals surface area (Å²) < 4.78 is 18.5. The number of piperazine rings is 1. The molecule has 0 unspecified atom stereocenters. The molecule has 1 aliphatic heterocycles.